The number of Topliss-reactive ketones (excluding diaryl/α,β-unsaturated/α-hetero) is 3. The van der Waals surface area contributed by atoms with E-state index in [1.54, 1.807) is 0 Å². The molecule has 198 valence electrons. The molecule has 4 rings (SSSR count). The third-order valence-corrected chi connectivity index (χ3v) is 7.69. The zero-order valence-electron chi connectivity index (χ0n) is 21.1. The van der Waals surface area contributed by atoms with E-state index in [0.717, 1.165) is 0 Å². The Kier molecular flexibility index (Phi) is 6.51. The van der Waals surface area contributed by atoms with Crippen molar-refractivity contribution >= 4 is 29.0 Å². The molecule has 3 aliphatic carbocycles. The fourth-order valence-corrected chi connectivity index (χ4v) is 5.97. The van der Waals surface area contributed by atoms with E-state index in [-0.39, 0.29) is 41.9 Å². The molecule has 1 fully saturated rings. The molecule has 0 radical (unpaired) electrons. The van der Waals surface area contributed by atoms with Gasteiger partial charge in [0.25, 0.3) is 5.91 Å². The summed E-state index contributed by atoms with van der Waals surface area (Å²) < 4.78 is 0. The summed E-state index contributed by atoms with van der Waals surface area (Å²) in [7, 11) is 6.73. The Labute approximate surface area is 213 Å². The van der Waals surface area contributed by atoms with Crippen LogP contribution in [0.2, 0.25) is 0 Å². The van der Waals surface area contributed by atoms with E-state index in [1.165, 1.54) is 31.1 Å². The molecular formula is C26H31N3O8. The van der Waals surface area contributed by atoms with Crippen molar-refractivity contribution in [2.24, 2.45) is 17.6 Å². The highest BCUT2D eigenvalue weighted by molar-refractivity contribution is 6.24. The van der Waals surface area contributed by atoms with Gasteiger partial charge in [0.2, 0.25) is 5.78 Å². The van der Waals surface area contributed by atoms with Crippen molar-refractivity contribution in [3.63, 3.8) is 0 Å². The Bertz CT molecular complexity index is 1290. The summed E-state index contributed by atoms with van der Waals surface area (Å²) in [6.45, 7) is 0.485. The SMILES string of the molecule is CN(C)CCC(=O)c1ccc(O)c2c1C[C@H]1C[C@H]3[C@@H](N(C)C)C(=O)C(C(N)=O)=C(O)[C@@]3(O)C(=O)C1=C2O. The van der Waals surface area contributed by atoms with E-state index in [4.69, 9.17) is 5.73 Å². The maximum atomic E-state index is 13.8. The number of fused-ring (bicyclic) bond motifs is 3. The highest BCUT2D eigenvalue weighted by Gasteiger charge is 2.64. The van der Waals surface area contributed by atoms with Gasteiger partial charge in [0, 0.05) is 30.0 Å². The molecule has 0 unspecified atom stereocenters. The van der Waals surface area contributed by atoms with Crippen LogP contribution in [0.4, 0.5) is 0 Å². The summed E-state index contributed by atoms with van der Waals surface area (Å²) >= 11 is 0. The second kappa shape index (κ2) is 9.09. The third kappa shape index (κ3) is 3.85. The summed E-state index contributed by atoms with van der Waals surface area (Å²) in [5.41, 5.74) is 2.09. The van der Waals surface area contributed by atoms with E-state index in [0.29, 0.717) is 17.7 Å². The van der Waals surface area contributed by atoms with Crippen molar-refractivity contribution in [1.82, 2.24) is 9.80 Å². The van der Waals surface area contributed by atoms with Crippen molar-refractivity contribution in [2.75, 3.05) is 34.7 Å². The Morgan fingerprint density at radius 2 is 1.76 bits per heavy atom. The van der Waals surface area contributed by atoms with Gasteiger partial charge < -0.3 is 31.1 Å². The first-order valence-electron chi connectivity index (χ1n) is 11.9. The lowest BCUT2D eigenvalue weighted by molar-refractivity contribution is -0.153. The van der Waals surface area contributed by atoms with Gasteiger partial charge in [0.05, 0.1) is 11.6 Å². The zero-order chi connectivity index (χ0) is 27.6. The van der Waals surface area contributed by atoms with Crippen molar-refractivity contribution in [3.8, 4) is 5.75 Å². The lowest BCUT2D eigenvalue weighted by Gasteiger charge is -2.50. The summed E-state index contributed by atoms with van der Waals surface area (Å²) in [5.74, 6) is -7.41. The Balaban J connectivity index is 1.91. The number of primary amides is 1. The minimum Gasteiger partial charge on any atom is -0.508 e. The summed E-state index contributed by atoms with van der Waals surface area (Å²) in [6.07, 6.45) is 0.234. The molecule has 3 aliphatic rings. The number of nitrogens with two attached hydrogens (primary N) is 1. The maximum Gasteiger partial charge on any atom is 0.255 e. The number of phenols is 1. The lowest BCUT2D eigenvalue weighted by Crippen LogP contribution is -2.65. The van der Waals surface area contributed by atoms with Crippen LogP contribution >= 0.6 is 0 Å². The van der Waals surface area contributed by atoms with Crippen LogP contribution in [0.5, 0.6) is 5.75 Å². The molecule has 0 spiro atoms. The molecule has 0 aliphatic heterocycles. The molecule has 1 aromatic carbocycles. The van der Waals surface area contributed by atoms with E-state index in [9.17, 15) is 39.6 Å². The van der Waals surface area contributed by atoms with Gasteiger partial charge >= 0.3 is 0 Å². The minimum absolute atomic E-state index is 0.0350. The number of ketones is 3. The number of carbonyl (C=O) groups is 4. The number of aromatic hydroxyl groups is 1. The van der Waals surface area contributed by atoms with Gasteiger partial charge in [-0.3, -0.25) is 24.1 Å². The second-order valence-corrected chi connectivity index (χ2v) is 10.4. The Hall–Kier alpha value is -3.54. The van der Waals surface area contributed by atoms with Gasteiger partial charge in [0.15, 0.2) is 17.2 Å². The minimum atomic E-state index is -2.70. The fourth-order valence-electron chi connectivity index (χ4n) is 5.97. The van der Waals surface area contributed by atoms with E-state index in [1.807, 2.05) is 19.0 Å². The maximum absolute atomic E-state index is 13.8. The fraction of sp³-hybridized carbons (Fsp3) is 0.462. The van der Waals surface area contributed by atoms with Crippen LogP contribution in [0.15, 0.2) is 29.0 Å². The number of benzene rings is 1. The smallest absolute Gasteiger partial charge is 0.255 e. The molecule has 4 atom stereocenters. The van der Waals surface area contributed by atoms with Crippen LogP contribution in [0.3, 0.4) is 0 Å². The average molecular weight is 514 g/mol. The Morgan fingerprint density at radius 1 is 1.11 bits per heavy atom. The molecule has 1 saturated carbocycles. The van der Waals surface area contributed by atoms with Crippen molar-refractivity contribution < 1.29 is 39.6 Å². The van der Waals surface area contributed by atoms with Gasteiger partial charge in [0.1, 0.15) is 22.8 Å². The van der Waals surface area contributed by atoms with Gasteiger partial charge in [-0.25, -0.2) is 0 Å². The molecule has 1 amide bonds. The average Bonchev–Trinajstić information content (AvgIpc) is 2.79. The number of amides is 1. The summed E-state index contributed by atoms with van der Waals surface area (Å²) in [4.78, 5) is 55.3. The molecule has 37 heavy (non-hydrogen) atoms. The van der Waals surface area contributed by atoms with Crippen LogP contribution in [0.1, 0.15) is 34.3 Å². The second-order valence-electron chi connectivity index (χ2n) is 10.4. The number of nitrogens with zero attached hydrogens (tertiary/aromatic N) is 2. The van der Waals surface area contributed by atoms with Crippen molar-refractivity contribution in [3.05, 3.63) is 45.7 Å². The van der Waals surface area contributed by atoms with Gasteiger partial charge in [-0.2, -0.15) is 0 Å². The number of phenolic OH excluding ortho intramolecular Hbond substituents is 1. The number of likely N-dealkylation sites (N-methyl/N-ethyl adjacent to an activating group) is 1. The molecule has 0 heterocycles. The number of rotatable bonds is 6. The van der Waals surface area contributed by atoms with E-state index < -0.39 is 58.0 Å². The predicted molar refractivity (Wildman–Crippen MR) is 132 cm³/mol. The number of aliphatic hydroxyl groups excluding tert-OH is 2. The number of hydrogen-bond donors (Lipinski definition) is 5. The molecule has 1 aromatic rings. The molecule has 0 bridgehead atoms. The first kappa shape index (κ1) is 26.5. The molecule has 11 nitrogen and oxygen atoms in total. The highest BCUT2D eigenvalue weighted by atomic mass is 16.3. The lowest BCUT2D eigenvalue weighted by atomic mass is 9.57. The van der Waals surface area contributed by atoms with Crippen LogP contribution in [-0.4, -0.2) is 99.9 Å². The monoisotopic (exact) mass is 513 g/mol. The highest BCUT2D eigenvalue weighted by Crippen LogP contribution is 2.53. The third-order valence-electron chi connectivity index (χ3n) is 7.69. The number of carbonyl (C=O) groups excluding carboxylic acids is 4. The van der Waals surface area contributed by atoms with Crippen molar-refractivity contribution in [2.45, 2.75) is 30.9 Å². The quantitative estimate of drug-likeness (QED) is 0.258. The largest absolute Gasteiger partial charge is 0.508 e. The predicted octanol–water partition coefficient (Wildman–Crippen LogP) is 0.0984. The van der Waals surface area contributed by atoms with Crippen LogP contribution in [-0.2, 0) is 20.8 Å². The van der Waals surface area contributed by atoms with Crippen LogP contribution < -0.4 is 5.73 Å². The van der Waals surface area contributed by atoms with Crippen LogP contribution in [0.25, 0.3) is 5.76 Å². The molecule has 11 heteroatoms. The normalized spacial score (nSPS) is 27.4. The van der Waals surface area contributed by atoms with E-state index >= 15 is 0 Å². The van der Waals surface area contributed by atoms with Gasteiger partial charge in [-0.1, -0.05) is 0 Å². The van der Waals surface area contributed by atoms with Crippen molar-refractivity contribution in [1.29, 1.82) is 0 Å². The molecular weight excluding hydrogens is 482 g/mol. The van der Waals surface area contributed by atoms with E-state index in [2.05, 4.69) is 0 Å². The molecule has 0 saturated heterocycles. The zero-order valence-corrected chi connectivity index (χ0v) is 21.1. The Morgan fingerprint density at radius 3 is 2.32 bits per heavy atom. The molecule has 0 aromatic heterocycles. The summed E-state index contributed by atoms with van der Waals surface area (Å²) in [6, 6.07) is 1.57. The van der Waals surface area contributed by atoms with Gasteiger partial charge in [-0.05, 0) is 64.6 Å². The summed E-state index contributed by atoms with van der Waals surface area (Å²) in [5, 5.41) is 44.3. The standard InChI is InChI=1S/C26H31N3O8/c1-28(2)8-7-15(30)12-5-6-16(31)18-13(12)9-11-10-14-20(29(3)4)22(33)19(25(27)36)24(35)26(14,37)23(34)17(11)21(18)32/h5-6,11,14,20,31-32,35,37H,7-10H2,1-4H3,(H2,27,36)/t11-,14-,20+,26-/m0/s1. The first-order valence-corrected chi connectivity index (χ1v) is 11.9. The topological polar surface area (TPSA) is 182 Å². The number of hydrogen-bond acceptors (Lipinski definition) is 10. The number of aliphatic hydroxyl groups is 3. The van der Waals surface area contributed by atoms with Gasteiger partial charge in [-0.15, -0.1) is 0 Å². The van der Waals surface area contributed by atoms with Crippen LogP contribution in [0, 0.1) is 11.8 Å². The molecule has 6 N–H and O–H groups in total. The first-order chi connectivity index (χ1) is 17.2.